The van der Waals surface area contributed by atoms with Crippen molar-refractivity contribution in [2.75, 3.05) is 18.9 Å². The third-order valence-electron chi connectivity index (χ3n) is 3.63. The van der Waals surface area contributed by atoms with Gasteiger partial charge in [-0.1, -0.05) is 29.8 Å². The Hall–Kier alpha value is -2.60. The van der Waals surface area contributed by atoms with E-state index in [2.05, 4.69) is 20.9 Å². The van der Waals surface area contributed by atoms with Crippen molar-refractivity contribution in [3.63, 3.8) is 0 Å². The summed E-state index contributed by atoms with van der Waals surface area (Å²) in [6.07, 6.45) is 1.01. The lowest BCUT2D eigenvalue weighted by Crippen LogP contribution is -2.37. The Morgan fingerprint density at radius 3 is 2.54 bits per heavy atom. The van der Waals surface area contributed by atoms with Crippen molar-refractivity contribution in [2.24, 2.45) is 4.99 Å². The van der Waals surface area contributed by atoms with Gasteiger partial charge in [0.05, 0.1) is 0 Å². The molecule has 0 spiro atoms. The predicted octanol–water partition coefficient (Wildman–Crippen LogP) is 3.56. The molecule has 7 heteroatoms. The van der Waals surface area contributed by atoms with Crippen molar-refractivity contribution in [3.05, 3.63) is 64.9 Å². The number of hydrogen-bond acceptors (Lipinski definition) is 2. The monoisotopic (exact) mass is 376 g/mol. The van der Waals surface area contributed by atoms with Crippen LogP contribution in [0.5, 0.6) is 0 Å². The third-order valence-corrected chi connectivity index (χ3v) is 3.88. The van der Waals surface area contributed by atoms with E-state index in [1.165, 1.54) is 6.07 Å². The normalized spacial score (nSPS) is 11.1. The zero-order valence-corrected chi connectivity index (χ0v) is 15.3. The second kappa shape index (κ2) is 10.4. The highest BCUT2D eigenvalue weighted by molar-refractivity contribution is 6.30. The van der Waals surface area contributed by atoms with Crippen LogP contribution in [-0.2, 0) is 11.3 Å². The first kappa shape index (κ1) is 19.7. The van der Waals surface area contributed by atoms with Gasteiger partial charge in [0.1, 0.15) is 5.82 Å². The number of rotatable bonds is 7. The van der Waals surface area contributed by atoms with Crippen LogP contribution in [0.4, 0.5) is 10.1 Å². The van der Waals surface area contributed by atoms with Gasteiger partial charge in [0.25, 0.3) is 0 Å². The maximum absolute atomic E-state index is 13.6. The number of benzene rings is 2. The molecular formula is C19H22ClFN4O. The van der Waals surface area contributed by atoms with E-state index in [0.717, 1.165) is 5.69 Å². The van der Waals surface area contributed by atoms with Crippen LogP contribution >= 0.6 is 11.6 Å². The number of carbonyl (C=O) groups excluding carboxylic acids is 1. The SMILES string of the molecule is CN=C(NCCCC(=O)Nc1ccc(Cl)cc1)NCc1ccccc1F. The summed E-state index contributed by atoms with van der Waals surface area (Å²) < 4.78 is 13.6. The average molecular weight is 377 g/mol. The van der Waals surface area contributed by atoms with Gasteiger partial charge in [-0.15, -0.1) is 0 Å². The van der Waals surface area contributed by atoms with Crippen molar-refractivity contribution < 1.29 is 9.18 Å². The first-order valence-corrected chi connectivity index (χ1v) is 8.69. The minimum Gasteiger partial charge on any atom is -0.356 e. The molecule has 138 valence electrons. The van der Waals surface area contributed by atoms with E-state index in [0.29, 0.717) is 42.5 Å². The van der Waals surface area contributed by atoms with Gasteiger partial charge in [0, 0.05) is 42.8 Å². The number of nitrogens with zero attached hydrogens (tertiary/aromatic N) is 1. The number of carbonyl (C=O) groups is 1. The minimum atomic E-state index is -0.255. The van der Waals surface area contributed by atoms with Crippen LogP contribution in [0.25, 0.3) is 0 Å². The van der Waals surface area contributed by atoms with Crippen molar-refractivity contribution in [2.45, 2.75) is 19.4 Å². The number of halogens is 2. The molecule has 0 bridgehead atoms. The van der Waals surface area contributed by atoms with Gasteiger partial charge in [-0.2, -0.15) is 0 Å². The maximum atomic E-state index is 13.6. The lowest BCUT2D eigenvalue weighted by Gasteiger charge is -2.12. The van der Waals surface area contributed by atoms with E-state index < -0.39 is 0 Å². The number of anilines is 1. The fourth-order valence-corrected chi connectivity index (χ4v) is 2.38. The van der Waals surface area contributed by atoms with Crippen molar-refractivity contribution >= 4 is 29.2 Å². The third kappa shape index (κ3) is 6.72. The molecule has 0 saturated heterocycles. The molecule has 2 aromatic carbocycles. The summed E-state index contributed by atoms with van der Waals surface area (Å²) in [5, 5.41) is 9.59. The van der Waals surface area contributed by atoms with E-state index in [4.69, 9.17) is 11.6 Å². The Bertz CT molecular complexity index is 749. The fourth-order valence-electron chi connectivity index (χ4n) is 2.25. The molecule has 0 radical (unpaired) electrons. The smallest absolute Gasteiger partial charge is 0.224 e. The van der Waals surface area contributed by atoms with Gasteiger partial charge >= 0.3 is 0 Å². The summed E-state index contributed by atoms with van der Waals surface area (Å²) in [7, 11) is 1.64. The molecule has 0 unspecified atom stereocenters. The second-order valence-corrected chi connectivity index (χ2v) is 6.04. The quantitative estimate of drug-likeness (QED) is 0.393. The Kier molecular flexibility index (Phi) is 7.89. The summed E-state index contributed by atoms with van der Waals surface area (Å²) in [4.78, 5) is 16.0. The highest BCUT2D eigenvalue weighted by atomic mass is 35.5. The molecule has 0 aliphatic carbocycles. The molecule has 0 aliphatic heterocycles. The van der Waals surface area contributed by atoms with Crippen LogP contribution in [0.15, 0.2) is 53.5 Å². The Morgan fingerprint density at radius 1 is 1.12 bits per heavy atom. The molecule has 26 heavy (non-hydrogen) atoms. The molecule has 0 saturated carbocycles. The molecule has 5 nitrogen and oxygen atoms in total. The van der Waals surface area contributed by atoms with Crippen LogP contribution in [0.1, 0.15) is 18.4 Å². The average Bonchev–Trinajstić information content (AvgIpc) is 2.64. The Balaban J connectivity index is 1.66. The predicted molar refractivity (Wildman–Crippen MR) is 104 cm³/mol. The largest absolute Gasteiger partial charge is 0.356 e. The number of guanidine groups is 1. The second-order valence-electron chi connectivity index (χ2n) is 5.60. The molecule has 3 N–H and O–H groups in total. The van der Waals surface area contributed by atoms with E-state index in [-0.39, 0.29) is 11.7 Å². The molecule has 2 rings (SSSR count). The zero-order valence-electron chi connectivity index (χ0n) is 14.6. The summed E-state index contributed by atoms with van der Waals surface area (Å²) in [6, 6.07) is 13.5. The molecule has 0 aromatic heterocycles. The van der Waals surface area contributed by atoms with Crippen molar-refractivity contribution in [1.82, 2.24) is 10.6 Å². The van der Waals surface area contributed by atoms with Crippen LogP contribution in [0, 0.1) is 5.82 Å². The number of nitrogens with one attached hydrogen (secondary N) is 3. The number of amides is 1. The Labute approximate surface area is 157 Å². The summed E-state index contributed by atoms with van der Waals surface area (Å²) in [5.74, 6) is 0.240. The van der Waals surface area contributed by atoms with E-state index in [1.807, 2.05) is 0 Å². The summed E-state index contributed by atoms with van der Waals surface area (Å²) in [5.41, 5.74) is 1.28. The summed E-state index contributed by atoms with van der Waals surface area (Å²) >= 11 is 5.81. The van der Waals surface area contributed by atoms with Gasteiger partial charge in [-0.3, -0.25) is 9.79 Å². The first-order chi connectivity index (χ1) is 12.6. The van der Waals surface area contributed by atoms with E-state index in [1.54, 1.807) is 49.5 Å². The lowest BCUT2D eigenvalue weighted by atomic mass is 10.2. The van der Waals surface area contributed by atoms with Gasteiger partial charge in [0.15, 0.2) is 5.96 Å². The van der Waals surface area contributed by atoms with E-state index in [9.17, 15) is 9.18 Å². The topological polar surface area (TPSA) is 65.5 Å². The molecule has 2 aromatic rings. The molecule has 0 fully saturated rings. The van der Waals surface area contributed by atoms with Gasteiger partial charge in [-0.25, -0.2) is 4.39 Å². The van der Waals surface area contributed by atoms with Crippen LogP contribution < -0.4 is 16.0 Å². The lowest BCUT2D eigenvalue weighted by molar-refractivity contribution is -0.116. The van der Waals surface area contributed by atoms with Gasteiger partial charge in [-0.05, 0) is 36.8 Å². The van der Waals surface area contributed by atoms with Crippen LogP contribution in [0.3, 0.4) is 0 Å². The number of aliphatic imine (C=N–C) groups is 1. The Morgan fingerprint density at radius 2 is 1.85 bits per heavy atom. The standard InChI is InChI=1S/C19H22ClFN4O/c1-22-19(24-13-14-5-2-3-6-17(14)21)23-12-4-7-18(26)25-16-10-8-15(20)9-11-16/h2-3,5-6,8-11H,4,7,12-13H2,1H3,(H,25,26)(H2,22,23,24). The van der Waals surface area contributed by atoms with Crippen molar-refractivity contribution in [3.8, 4) is 0 Å². The summed E-state index contributed by atoms with van der Waals surface area (Å²) in [6.45, 7) is 0.911. The van der Waals surface area contributed by atoms with Gasteiger partial charge < -0.3 is 16.0 Å². The fraction of sp³-hybridized carbons (Fsp3) is 0.263. The van der Waals surface area contributed by atoms with E-state index >= 15 is 0 Å². The highest BCUT2D eigenvalue weighted by Crippen LogP contribution is 2.13. The molecular weight excluding hydrogens is 355 g/mol. The molecule has 0 heterocycles. The minimum absolute atomic E-state index is 0.0663. The number of hydrogen-bond donors (Lipinski definition) is 3. The first-order valence-electron chi connectivity index (χ1n) is 8.32. The van der Waals surface area contributed by atoms with Crippen LogP contribution in [-0.4, -0.2) is 25.5 Å². The van der Waals surface area contributed by atoms with Gasteiger partial charge in [0.2, 0.25) is 5.91 Å². The molecule has 1 amide bonds. The maximum Gasteiger partial charge on any atom is 0.224 e. The van der Waals surface area contributed by atoms with Crippen molar-refractivity contribution in [1.29, 1.82) is 0 Å². The molecule has 0 atom stereocenters. The molecule has 0 aliphatic rings. The zero-order chi connectivity index (χ0) is 18.8. The highest BCUT2D eigenvalue weighted by Gasteiger charge is 2.04. The van der Waals surface area contributed by atoms with Crippen LogP contribution in [0.2, 0.25) is 5.02 Å².